The second-order valence-electron chi connectivity index (χ2n) is 3.97. The Labute approximate surface area is 104 Å². The first-order valence-electron chi connectivity index (χ1n) is 5.30. The van der Waals surface area contributed by atoms with Gasteiger partial charge in [0.15, 0.2) is 0 Å². The van der Waals surface area contributed by atoms with E-state index >= 15 is 0 Å². The van der Waals surface area contributed by atoms with Gasteiger partial charge in [-0.15, -0.1) is 0 Å². The molecule has 0 unspecified atom stereocenters. The van der Waals surface area contributed by atoms with E-state index in [9.17, 15) is 13.2 Å². The van der Waals surface area contributed by atoms with E-state index in [1.165, 1.54) is 6.08 Å². The first-order valence-corrected chi connectivity index (χ1v) is 6.91. The van der Waals surface area contributed by atoms with E-state index in [1.54, 1.807) is 6.92 Å². The third-order valence-electron chi connectivity index (χ3n) is 1.85. The highest BCUT2D eigenvalue weighted by Crippen LogP contribution is 1.87. The fraction of sp³-hybridized carbons (Fsp3) is 0.700. The number of amides is 1. The van der Waals surface area contributed by atoms with E-state index in [0.717, 1.165) is 6.54 Å². The maximum absolute atomic E-state index is 10.7. The monoisotopic (exact) mass is 267 g/mol. The number of hydrogen-bond acceptors (Lipinski definition) is 3. The molecule has 0 fully saturated rings. The van der Waals surface area contributed by atoms with E-state index in [2.05, 4.69) is 12.0 Å². The van der Waals surface area contributed by atoms with Gasteiger partial charge in [-0.3, -0.25) is 9.35 Å². The summed E-state index contributed by atoms with van der Waals surface area (Å²) in [7, 11) is 0.162. The standard InChI is InChI=1S/C7H14N2O.C3H8O3S/c1-5-7(10)8-9(3,4)6-2;1-2-3-7(4,5)6/h5H,1,6H2,2-4H3;2-3H2,1H3,(H,4,5,6)/p+1. The lowest BCUT2D eigenvalue weighted by Gasteiger charge is -2.26. The van der Waals surface area contributed by atoms with E-state index in [0.29, 0.717) is 11.0 Å². The third-order valence-corrected chi connectivity index (χ3v) is 2.78. The predicted octanol–water partition coefficient (Wildman–Crippen LogP) is 0.584. The Hall–Kier alpha value is -0.920. The van der Waals surface area contributed by atoms with Crippen LogP contribution in [-0.4, -0.2) is 49.9 Å². The molecule has 0 radical (unpaired) electrons. The van der Waals surface area contributed by atoms with Crippen LogP contribution < -0.4 is 5.43 Å². The number of carbonyl (C=O) groups is 1. The molecule has 0 aromatic carbocycles. The van der Waals surface area contributed by atoms with Crippen LogP contribution in [0.5, 0.6) is 0 Å². The maximum atomic E-state index is 10.7. The van der Waals surface area contributed by atoms with Crippen molar-refractivity contribution >= 4 is 16.0 Å². The van der Waals surface area contributed by atoms with Crippen molar-refractivity contribution in [2.75, 3.05) is 26.4 Å². The average Bonchev–Trinajstić information content (AvgIpc) is 2.16. The van der Waals surface area contributed by atoms with Gasteiger partial charge >= 0.3 is 0 Å². The molecule has 0 aliphatic heterocycles. The van der Waals surface area contributed by atoms with E-state index in [-0.39, 0.29) is 11.7 Å². The van der Waals surface area contributed by atoms with Crippen LogP contribution in [0.1, 0.15) is 20.3 Å². The van der Waals surface area contributed by atoms with Crippen molar-refractivity contribution in [2.24, 2.45) is 0 Å². The lowest BCUT2D eigenvalue weighted by Crippen LogP contribution is -2.53. The van der Waals surface area contributed by atoms with Gasteiger partial charge in [0.25, 0.3) is 16.0 Å². The smallest absolute Gasteiger partial charge is 0.286 e. The molecule has 0 aliphatic carbocycles. The molecule has 102 valence electrons. The van der Waals surface area contributed by atoms with Gasteiger partial charge in [0.05, 0.1) is 26.4 Å². The van der Waals surface area contributed by atoms with E-state index in [4.69, 9.17) is 4.55 Å². The number of carbonyl (C=O) groups excluding carboxylic acids is 1. The van der Waals surface area contributed by atoms with Crippen molar-refractivity contribution in [3.05, 3.63) is 12.7 Å². The number of quaternary nitrogens is 1. The van der Waals surface area contributed by atoms with Crippen molar-refractivity contribution in [1.29, 1.82) is 0 Å². The van der Waals surface area contributed by atoms with Crippen molar-refractivity contribution in [3.63, 3.8) is 0 Å². The zero-order valence-electron chi connectivity index (χ0n) is 10.9. The topological polar surface area (TPSA) is 83.5 Å². The second-order valence-corrected chi connectivity index (χ2v) is 5.54. The van der Waals surface area contributed by atoms with Gasteiger partial charge in [-0.25, -0.2) is 4.59 Å². The van der Waals surface area contributed by atoms with Crippen LogP contribution in [0.3, 0.4) is 0 Å². The Morgan fingerprint density at radius 1 is 1.41 bits per heavy atom. The molecular formula is C10H23N2O4S+. The first kappa shape index (κ1) is 18.4. The molecule has 0 aromatic heterocycles. The van der Waals surface area contributed by atoms with Gasteiger partial charge in [0, 0.05) is 6.08 Å². The minimum atomic E-state index is -3.67. The second kappa shape index (κ2) is 8.21. The Kier molecular flexibility index (Phi) is 8.91. The molecule has 0 bridgehead atoms. The van der Waals surface area contributed by atoms with Gasteiger partial charge in [-0.05, 0) is 13.3 Å². The van der Waals surface area contributed by atoms with E-state index < -0.39 is 10.1 Å². The summed E-state index contributed by atoms with van der Waals surface area (Å²) in [5, 5.41) is 0. The molecule has 0 heterocycles. The molecule has 17 heavy (non-hydrogen) atoms. The minimum absolute atomic E-state index is 0.132. The van der Waals surface area contributed by atoms with Crippen LogP contribution in [0, 0.1) is 0 Å². The lowest BCUT2D eigenvalue weighted by atomic mass is 10.6. The van der Waals surface area contributed by atoms with Crippen LogP contribution in [0.15, 0.2) is 12.7 Å². The summed E-state index contributed by atoms with van der Waals surface area (Å²) in [4.78, 5) is 10.7. The quantitative estimate of drug-likeness (QED) is 0.330. The van der Waals surface area contributed by atoms with Crippen molar-refractivity contribution in [2.45, 2.75) is 20.3 Å². The van der Waals surface area contributed by atoms with Crippen LogP contribution in [0.25, 0.3) is 0 Å². The SMILES string of the molecule is C=CC(=O)N[N+](C)(C)CC.CCCS(=O)(=O)O. The average molecular weight is 267 g/mol. The summed E-state index contributed by atoms with van der Waals surface area (Å²) < 4.78 is 28.1. The van der Waals surface area contributed by atoms with Crippen LogP contribution >= 0.6 is 0 Å². The normalized spacial score (nSPS) is 11.1. The zero-order valence-corrected chi connectivity index (χ0v) is 11.7. The van der Waals surface area contributed by atoms with Gasteiger partial charge in [-0.1, -0.05) is 13.5 Å². The number of nitrogens with zero attached hydrogens (tertiary/aromatic N) is 1. The maximum Gasteiger partial charge on any atom is 0.288 e. The molecule has 0 aliphatic rings. The summed E-state index contributed by atoms with van der Waals surface area (Å²) in [6.45, 7) is 7.91. The summed E-state index contributed by atoms with van der Waals surface area (Å²) in [6.07, 6.45) is 1.74. The third kappa shape index (κ3) is 15.1. The fourth-order valence-corrected chi connectivity index (χ4v) is 1.20. The minimum Gasteiger partial charge on any atom is -0.286 e. The molecular weight excluding hydrogens is 244 g/mol. The highest BCUT2D eigenvalue weighted by Gasteiger charge is 2.12. The molecule has 0 atom stereocenters. The predicted molar refractivity (Wildman–Crippen MR) is 67.7 cm³/mol. The number of rotatable bonds is 5. The first-order chi connectivity index (χ1) is 7.58. The Morgan fingerprint density at radius 3 is 2.06 bits per heavy atom. The molecule has 1 amide bonds. The highest BCUT2D eigenvalue weighted by atomic mass is 32.2. The van der Waals surface area contributed by atoms with Gasteiger partial charge < -0.3 is 0 Å². The Bertz CT molecular complexity index is 336. The largest absolute Gasteiger partial charge is 0.288 e. The molecule has 0 saturated heterocycles. The van der Waals surface area contributed by atoms with Crippen LogP contribution in [0.2, 0.25) is 0 Å². The Morgan fingerprint density at radius 2 is 1.88 bits per heavy atom. The van der Waals surface area contributed by atoms with Crippen molar-refractivity contribution in [3.8, 4) is 0 Å². The number of nitrogens with one attached hydrogen (secondary N) is 1. The summed E-state index contributed by atoms with van der Waals surface area (Å²) >= 11 is 0. The van der Waals surface area contributed by atoms with Crippen LogP contribution in [-0.2, 0) is 14.9 Å². The summed E-state index contributed by atoms with van der Waals surface area (Å²) in [5.41, 5.74) is 2.74. The van der Waals surface area contributed by atoms with Gasteiger partial charge in [0.2, 0.25) is 0 Å². The highest BCUT2D eigenvalue weighted by molar-refractivity contribution is 7.85. The molecule has 0 spiro atoms. The van der Waals surface area contributed by atoms with Crippen molar-refractivity contribution < 1.29 is 22.4 Å². The lowest BCUT2D eigenvalue weighted by molar-refractivity contribution is -0.923. The van der Waals surface area contributed by atoms with Crippen LogP contribution in [0.4, 0.5) is 0 Å². The summed E-state index contributed by atoms with van der Waals surface area (Å²) in [6, 6.07) is 0. The molecule has 0 aromatic rings. The fourth-order valence-electron chi connectivity index (χ4n) is 0.681. The van der Waals surface area contributed by atoms with Crippen molar-refractivity contribution in [1.82, 2.24) is 5.43 Å². The molecule has 0 saturated carbocycles. The molecule has 6 nitrogen and oxygen atoms in total. The molecule has 2 N–H and O–H groups in total. The van der Waals surface area contributed by atoms with Gasteiger partial charge in [0.1, 0.15) is 0 Å². The number of hydrogen-bond donors (Lipinski definition) is 2. The summed E-state index contributed by atoms with van der Waals surface area (Å²) in [5.74, 6) is -0.264. The zero-order chi connectivity index (χ0) is 14.1. The van der Waals surface area contributed by atoms with E-state index in [1.807, 2.05) is 21.0 Å². The van der Waals surface area contributed by atoms with Gasteiger partial charge in [-0.2, -0.15) is 13.8 Å². The Balaban J connectivity index is 0. The molecule has 0 rings (SSSR count). The molecule has 7 heteroatoms.